The number of aryl methyl sites for hydroxylation is 1. The summed E-state index contributed by atoms with van der Waals surface area (Å²) in [6.07, 6.45) is 0.808. The second-order valence-electron chi connectivity index (χ2n) is 2.50. The first kappa shape index (κ1) is 7.79. The summed E-state index contributed by atoms with van der Waals surface area (Å²) < 4.78 is 0. The number of para-hydroxylation sites is 1. The molecule has 0 aromatic heterocycles. The average Bonchev–Trinajstić information content (AvgIpc) is 2.04. The number of benzene rings is 1. The first-order valence-corrected chi connectivity index (χ1v) is 3.49. The van der Waals surface area contributed by atoms with Crippen molar-refractivity contribution in [3.8, 4) is 0 Å². The van der Waals surface area contributed by atoms with Crippen LogP contribution in [0.5, 0.6) is 0 Å². The van der Waals surface area contributed by atoms with Crippen LogP contribution in [0.4, 0.5) is 5.69 Å². The Balaban J connectivity index is 3.02. The van der Waals surface area contributed by atoms with Crippen molar-refractivity contribution < 1.29 is 4.79 Å². The number of rotatable bonds is 2. The lowest BCUT2D eigenvalue weighted by Crippen LogP contribution is -2.14. The van der Waals surface area contributed by atoms with E-state index in [9.17, 15) is 4.79 Å². The molecule has 0 fully saturated rings. The molecule has 0 radical (unpaired) electrons. The maximum Gasteiger partial charge on any atom is 0.213 e. The van der Waals surface area contributed by atoms with Gasteiger partial charge in [-0.1, -0.05) is 18.2 Å². The lowest BCUT2D eigenvalue weighted by Gasteiger charge is -2.12. The van der Waals surface area contributed by atoms with Gasteiger partial charge in [0, 0.05) is 12.7 Å². The van der Waals surface area contributed by atoms with Crippen LogP contribution in [0.15, 0.2) is 24.3 Å². The maximum atomic E-state index is 10.4. The molecule has 1 aromatic rings. The summed E-state index contributed by atoms with van der Waals surface area (Å²) in [5.74, 6) is 0. The fourth-order valence-corrected chi connectivity index (χ4v) is 1.02. The fraction of sp³-hybridized carbons (Fsp3) is 0.222. The summed E-state index contributed by atoms with van der Waals surface area (Å²) >= 11 is 0. The largest absolute Gasteiger partial charge is 0.318 e. The molecular weight excluding hydrogens is 138 g/mol. The van der Waals surface area contributed by atoms with Gasteiger partial charge in [-0.3, -0.25) is 4.79 Å². The first-order chi connectivity index (χ1) is 5.25. The van der Waals surface area contributed by atoms with Crippen LogP contribution >= 0.6 is 0 Å². The van der Waals surface area contributed by atoms with Crippen molar-refractivity contribution >= 4 is 12.1 Å². The Kier molecular flexibility index (Phi) is 2.26. The highest BCUT2D eigenvalue weighted by atomic mass is 16.1. The molecule has 0 saturated heterocycles. The minimum absolute atomic E-state index is 0.808. The van der Waals surface area contributed by atoms with Gasteiger partial charge in [0.2, 0.25) is 6.41 Å². The van der Waals surface area contributed by atoms with Gasteiger partial charge in [-0.25, -0.2) is 0 Å². The van der Waals surface area contributed by atoms with E-state index in [2.05, 4.69) is 0 Å². The van der Waals surface area contributed by atoms with Crippen LogP contribution in [-0.2, 0) is 4.79 Å². The van der Waals surface area contributed by atoms with Gasteiger partial charge in [0.15, 0.2) is 0 Å². The Morgan fingerprint density at radius 1 is 1.36 bits per heavy atom. The molecule has 11 heavy (non-hydrogen) atoms. The first-order valence-electron chi connectivity index (χ1n) is 3.49. The summed E-state index contributed by atoms with van der Waals surface area (Å²) in [6.45, 7) is 1.98. The maximum absolute atomic E-state index is 10.4. The Bertz CT molecular complexity index is 257. The van der Waals surface area contributed by atoms with Crippen molar-refractivity contribution in [2.45, 2.75) is 6.92 Å². The van der Waals surface area contributed by atoms with Crippen molar-refractivity contribution in [1.29, 1.82) is 0 Å². The third-order valence-corrected chi connectivity index (χ3v) is 1.65. The van der Waals surface area contributed by atoms with Gasteiger partial charge in [-0.2, -0.15) is 0 Å². The summed E-state index contributed by atoms with van der Waals surface area (Å²) in [6, 6.07) is 7.78. The van der Waals surface area contributed by atoms with Gasteiger partial charge < -0.3 is 4.90 Å². The van der Waals surface area contributed by atoms with Gasteiger partial charge in [0.05, 0.1) is 0 Å². The van der Waals surface area contributed by atoms with Crippen molar-refractivity contribution in [1.82, 2.24) is 0 Å². The zero-order valence-corrected chi connectivity index (χ0v) is 6.74. The number of hydrogen-bond acceptors (Lipinski definition) is 1. The Hall–Kier alpha value is -1.31. The predicted molar refractivity (Wildman–Crippen MR) is 45.6 cm³/mol. The van der Waals surface area contributed by atoms with E-state index < -0.39 is 0 Å². The predicted octanol–water partition coefficient (Wildman–Crippen LogP) is 1.59. The number of carbonyl (C=O) groups excluding carboxylic acids is 1. The van der Waals surface area contributed by atoms with E-state index in [-0.39, 0.29) is 0 Å². The van der Waals surface area contributed by atoms with Gasteiger partial charge in [-0.15, -0.1) is 0 Å². The molecule has 0 aliphatic carbocycles. The molecule has 2 heteroatoms. The summed E-state index contributed by atoms with van der Waals surface area (Å²) in [4.78, 5) is 11.9. The zero-order chi connectivity index (χ0) is 8.27. The van der Waals surface area contributed by atoms with Crippen molar-refractivity contribution in [3.63, 3.8) is 0 Å². The lowest BCUT2D eigenvalue weighted by molar-refractivity contribution is -0.107. The van der Waals surface area contributed by atoms with E-state index in [1.54, 1.807) is 11.9 Å². The van der Waals surface area contributed by atoms with Crippen LogP contribution in [0.2, 0.25) is 0 Å². The molecule has 58 valence electrons. The van der Waals surface area contributed by atoms with Gasteiger partial charge in [0.25, 0.3) is 0 Å². The second kappa shape index (κ2) is 3.19. The molecule has 0 N–H and O–H groups in total. The molecule has 1 amide bonds. The molecule has 1 aromatic carbocycles. The van der Waals surface area contributed by atoms with Crippen LogP contribution in [-0.4, -0.2) is 13.5 Å². The molecule has 0 unspecified atom stereocenters. The molecule has 2 nitrogen and oxygen atoms in total. The van der Waals surface area contributed by atoms with Crippen LogP contribution in [0.3, 0.4) is 0 Å². The van der Waals surface area contributed by atoms with Gasteiger partial charge in [0.1, 0.15) is 0 Å². The zero-order valence-electron chi connectivity index (χ0n) is 6.74. The van der Waals surface area contributed by atoms with E-state index in [0.717, 1.165) is 17.7 Å². The van der Waals surface area contributed by atoms with E-state index in [0.29, 0.717) is 0 Å². The highest BCUT2D eigenvalue weighted by Crippen LogP contribution is 2.15. The SMILES string of the molecule is Cc1ccccc1N(C)C=O. The summed E-state index contributed by atoms with van der Waals surface area (Å²) in [5.41, 5.74) is 2.07. The van der Waals surface area contributed by atoms with Gasteiger partial charge >= 0.3 is 0 Å². The molecule has 0 aliphatic rings. The van der Waals surface area contributed by atoms with Gasteiger partial charge in [-0.05, 0) is 18.6 Å². The number of nitrogens with zero attached hydrogens (tertiary/aromatic N) is 1. The van der Waals surface area contributed by atoms with E-state index in [1.165, 1.54) is 0 Å². The number of hydrogen-bond donors (Lipinski definition) is 0. The molecular formula is C9H11NO. The summed E-state index contributed by atoms with van der Waals surface area (Å²) in [5, 5.41) is 0. The molecule has 0 aliphatic heterocycles. The molecule has 0 atom stereocenters. The quantitative estimate of drug-likeness (QED) is 0.585. The smallest absolute Gasteiger partial charge is 0.213 e. The van der Waals surface area contributed by atoms with Crippen LogP contribution in [0.1, 0.15) is 5.56 Å². The Labute approximate surface area is 66.4 Å². The third kappa shape index (κ3) is 1.58. The standard InChI is InChI=1S/C9H11NO/c1-8-5-3-4-6-9(8)10(2)7-11/h3-7H,1-2H3. The second-order valence-corrected chi connectivity index (χ2v) is 2.50. The van der Waals surface area contributed by atoms with Crippen LogP contribution < -0.4 is 4.90 Å². The molecule has 0 heterocycles. The average molecular weight is 149 g/mol. The number of carbonyl (C=O) groups is 1. The molecule has 0 spiro atoms. The Morgan fingerprint density at radius 3 is 2.55 bits per heavy atom. The van der Waals surface area contributed by atoms with Crippen molar-refractivity contribution in [2.24, 2.45) is 0 Å². The van der Waals surface area contributed by atoms with Crippen LogP contribution in [0, 0.1) is 6.92 Å². The van der Waals surface area contributed by atoms with Crippen molar-refractivity contribution in [3.05, 3.63) is 29.8 Å². The number of anilines is 1. The summed E-state index contributed by atoms with van der Waals surface area (Å²) in [7, 11) is 1.75. The van der Waals surface area contributed by atoms with Crippen LogP contribution in [0.25, 0.3) is 0 Å². The minimum Gasteiger partial charge on any atom is -0.318 e. The highest BCUT2D eigenvalue weighted by Gasteiger charge is 1.99. The van der Waals surface area contributed by atoms with E-state index >= 15 is 0 Å². The molecule has 0 bridgehead atoms. The fourth-order valence-electron chi connectivity index (χ4n) is 1.02. The Morgan fingerprint density at radius 2 is 2.00 bits per heavy atom. The topological polar surface area (TPSA) is 20.3 Å². The normalized spacial score (nSPS) is 9.27. The molecule has 0 saturated carbocycles. The minimum atomic E-state index is 0.808. The monoisotopic (exact) mass is 149 g/mol. The third-order valence-electron chi connectivity index (χ3n) is 1.65. The molecule has 1 rings (SSSR count). The van der Waals surface area contributed by atoms with E-state index in [4.69, 9.17) is 0 Å². The lowest BCUT2D eigenvalue weighted by atomic mass is 10.2. The highest BCUT2D eigenvalue weighted by molar-refractivity contribution is 5.75. The van der Waals surface area contributed by atoms with E-state index in [1.807, 2.05) is 31.2 Å². The van der Waals surface area contributed by atoms with Crippen molar-refractivity contribution in [2.75, 3.05) is 11.9 Å². The number of amides is 1.